The Bertz CT molecular complexity index is 783. The van der Waals surface area contributed by atoms with Crippen LogP contribution in [0.3, 0.4) is 0 Å². The Balaban J connectivity index is 2.00. The summed E-state index contributed by atoms with van der Waals surface area (Å²) < 4.78 is 13.9. The number of amides is 1. The number of halogens is 1. The van der Waals surface area contributed by atoms with E-state index in [9.17, 15) is 9.18 Å². The number of carbonyl (C=O) groups is 1. The SMILES string of the molecule is NNC(=O)c1ccc(-c2nc3ccc(F)cc3s2)cc1. The van der Waals surface area contributed by atoms with Gasteiger partial charge in [0.25, 0.3) is 5.91 Å². The molecule has 0 saturated carbocycles. The molecule has 0 radical (unpaired) electrons. The Morgan fingerprint density at radius 3 is 2.65 bits per heavy atom. The highest BCUT2D eigenvalue weighted by molar-refractivity contribution is 7.21. The number of hydrogen-bond donors (Lipinski definition) is 2. The Morgan fingerprint density at radius 1 is 1.20 bits per heavy atom. The van der Waals surface area contributed by atoms with Gasteiger partial charge in [0.15, 0.2) is 0 Å². The van der Waals surface area contributed by atoms with Crippen LogP contribution in [0.2, 0.25) is 0 Å². The summed E-state index contributed by atoms with van der Waals surface area (Å²) in [6.45, 7) is 0. The third-order valence-electron chi connectivity index (χ3n) is 2.88. The van der Waals surface area contributed by atoms with Gasteiger partial charge in [0, 0.05) is 11.1 Å². The first-order valence-electron chi connectivity index (χ1n) is 5.85. The molecule has 0 unspecified atom stereocenters. The molecule has 3 aromatic rings. The fraction of sp³-hybridized carbons (Fsp3) is 0. The number of nitrogens with zero attached hydrogens (tertiary/aromatic N) is 1. The van der Waals surface area contributed by atoms with E-state index in [4.69, 9.17) is 5.84 Å². The van der Waals surface area contributed by atoms with Crippen LogP contribution in [0.4, 0.5) is 4.39 Å². The van der Waals surface area contributed by atoms with Crippen molar-refractivity contribution >= 4 is 27.5 Å². The highest BCUT2D eigenvalue weighted by Crippen LogP contribution is 2.30. The maximum atomic E-state index is 13.2. The van der Waals surface area contributed by atoms with E-state index in [2.05, 4.69) is 10.4 Å². The molecule has 0 bridgehead atoms. The number of thiazole rings is 1. The molecular weight excluding hydrogens is 277 g/mol. The number of nitrogens with two attached hydrogens (primary N) is 1. The molecule has 4 nitrogen and oxygen atoms in total. The van der Waals surface area contributed by atoms with E-state index in [-0.39, 0.29) is 11.7 Å². The highest BCUT2D eigenvalue weighted by atomic mass is 32.1. The van der Waals surface area contributed by atoms with Gasteiger partial charge in [-0.2, -0.15) is 0 Å². The molecule has 6 heteroatoms. The van der Waals surface area contributed by atoms with Crippen molar-refractivity contribution < 1.29 is 9.18 Å². The monoisotopic (exact) mass is 287 g/mol. The Labute approximate surface area is 118 Å². The second kappa shape index (κ2) is 4.99. The average Bonchev–Trinajstić information content (AvgIpc) is 2.89. The number of hydrogen-bond acceptors (Lipinski definition) is 4. The number of hydrazine groups is 1. The zero-order chi connectivity index (χ0) is 14.1. The van der Waals surface area contributed by atoms with Crippen molar-refractivity contribution in [2.75, 3.05) is 0 Å². The molecule has 1 amide bonds. The molecule has 0 fully saturated rings. The molecule has 0 aliphatic rings. The summed E-state index contributed by atoms with van der Waals surface area (Å²) in [5, 5.41) is 0.783. The molecule has 2 aromatic carbocycles. The molecule has 100 valence electrons. The van der Waals surface area contributed by atoms with Gasteiger partial charge in [-0.1, -0.05) is 12.1 Å². The summed E-state index contributed by atoms with van der Waals surface area (Å²) in [4.78, 5) is 15.8. The third kappa shape index (κ3) is 2.26. The fourth-order valence-corrected chi connectivity index (χ4v) is 2.87. The summed E-state index contributed by atoms with van der Waals surface area (Å²) in [5.74, 6) is 4.45. The third-order valence-corrected chi connectivity index (χ3v) is 3.94. The van der Waals surface area contributed by atoms with Crippen LogP contribution < -0.4 is 11.3 Å². The van der Waals surface area contributed by atoms with Crippen molar-refractivity contribution in [3.05, 3.63) is 53.8 Å². The number of fused-ring (bicyclic) bond motifs is 1. The smallest absolute Gasteiger partial charge is 0.265 e. The summed E-state index contributed by atoms with van der Waals surface area (Å²) in [7, 11) is 0. The topological polar surface area (TPSA) is 68.0 Å². The normalized spacial score (nSPS) is 10.7. The predicted molar refractivity (Wildman–Crippen MR) is 76.7 cm³/mol. The van der Waals surface area contributed by atoms with Gasteiger partial charge in [0.05, 0.1) is 10.2 Å². The van der Waals surface area contributed by atoms with Crippen molar-refractivity contribution in [2.24, 2.45) is 5.84 Å². The Kier molecular flexibility index (Phi) is 3.17. The molecule has 3 N–H and O–H groups in total. The number of aromatic nitrogens is 1. The number of rotatable bonds is 2. The van der Waals surface area contributed by atoms with Gasteiger partial charge in [-0.05, 0) is 30.3 Å². The molecule has 1 heterocycles. The summed E-state index contributed by atoms with van der Waals surface area (Å²) >= 11 is 1.41. The van der Waals surface area contributed by atoms with Gasteiger partial charge in [0.1, 0.15) is 10.8 Å². The van der Waals surface area contributed by atoms with Crippen LogP contribution in [-0.2, 0) is 0 Å². The lowest BCUT2D eigenvalue weighted by Crippen LogP contribution is -2.29. The van der Waals surface area contributed by atoms with Gasteiger partial charge in [-0.15, -0.1) is 11.3 Å². The van der Waals surface area contributed by atoms with Crippen LogP contribution in [0.5, 0.6) is 0 Å². The Morgan fingerprint density at radius 2 is 1.95 bits per heavy atom. The van der Waals surface area contributed by atoms with Gasteiger partial charge in [-0.3, -0.25) is 10.2 Å². The summed E-state index contributed by atoms with van der Waals surface area (Å²) in [5.41, 5.74) is 4.18. The molecule has 20 heavy (non-hydrogen) atoms. The average molecular weight is 287 g/mol. The molecule has 0 atom stereocenters. The number of nitrogens with one attached hydrogen (secondary N) is 1. The van der Waals surface area contributed by atoms with E-state index in [0.717, 1.165) is 20.8 Å². The van der Waals surface area contributed by atoms with Gasteiger partial charge in [0.2, 0.25) is 0 Å². The van der Waals surface area contributed by atoms with E-state index >= 15 is 0 Å². The fourth-order valence-electron chi connectivity index (χ4n) is 1.87. The maximum Gasteiger partial charge on any atom is 0.265 e. The van der Waals surface area contributed by atoms with E-state index in [1.165, 1.54) is 23.5 Å². The first-order chi connectivity index (χ1) is 9.67. The van der Waals surface area contributed by atoms with Crippen LogP contribution in [0.1, 0.15) is 10.4 Å². The van der Waals surface area contributed by atoms with Crippen LogP contribution in [0.25, 0.3) is 20.8 Å². The minimum absolute atomic E-state index is 0.275. The van der Waals surface area contributed by atoms with Crippen LogP contribution in [0, 0.1) is 5.82 Å². The predicted octanol–water partition coefficient (Wildman–Crippen LogP) is 2.71. The number of carbonyl (C=O) groups excluding carboxylic acids is 1. The molecular formula is C14H10FN3OS. The molecule has 0 saturated heterocycles. The second-order valence-corrected chi connectivity index (χ2v) is 5.21. The van der Waals surface area contributed by atoms with E-state index in [0.29, 0.717) is 5.56 Å². The number of nitrogen functional groups attached to an aromatic ring is 1. The lowest BCUT2D eigenvalue weighted by molar-refractivity contribution is 0.0953. The van der Waals surface area contributed by atoms with Gasteiger partial charge in [-0.25, -0.2) is 15.2 Å². The second-order valence-electron chi connectivity index (χ2n) is 4.18. The van der Waals surface area contributed by atoms with Crippen molar-refractivity contribution in [3.8, 4) is 10.6 Å². The maximum absolute atomic E-state index is 13.2. The molecule has 0 aliphatic carbocycles. The summed E-state index contributed by atoms with van der Waals surface area (Å²) in [6.07, 6.45) is 0. The van der Waals surface area contributed by atoms with Crippen molar-refractivity contribution in [2.45, 2.75) is 0 Å². The largest absolute Gasteiger partial charge is 0.290 e. The first kappa shape index (κ1) is 12.7. The van der Waals surface area contributed by atoms with Crippen LogP contribution in [0.15, 0.2) is 42.5 Å². The standard InChI is InChI=1S/C14H10FN3OS/c15-10-5-6-11-12(7-10)20-14(17-11)9-3-1-8(2-4-9)13(19)18-16/h1-7H,16H2,(H,18,19). The zero-order valence-corrected chi connectivity index (χ0v) is 11.1. The first-order valence-corrected chi connectivity index (χ1v) is 6.66. The lowest BCUT2D eigenvalue weighted by Gasteiger charge is -2.00. The molecule has 1 aromatic heterocycles. The summed E-state index contributed by atoms with van der Waals surface area (Å²) in [6, 6.07) is 11.4. The van der Waals surface area contributed by atoms with Crippen molar-refractivity contribution in [3.63, 3.8) is 0 Å². The van der Waals surface area contributed by atoms with Gasteiger partial charge >= 0.3 is 0 Å². The number of benzene rings is 2. The minimum atomic E-state index is -0.345. The van der Waals surface area contributed by atoms with E-state index < -0.39 is 0 Å². The van der Waals surface area contributed by atoms with Crippen molar-refractivity contribution in [1.82, 2.24) is 10.4 Å². The van der Waals surface area contributed by atoms with Crippen LogP contribution in [-0.4, -0.2) is 10.9 Å². The quantitative estimate of drug-likeness (QED) is 0.432. The molecule has 0 spiro atoms. The Hall–Kier alpha value is -2.31. The van der Waals surface area contributed by atoms with E-state index in [1.807, 2.05) is 0 Å². The van der Waals surface area contributed by atoms with Crippen molar-refractivity contribution in [1.29, 1.82) is 0 Å². The molecule has 0 aliphatic heterocycles. The van der Waals surface area contributed by atoms with Gasteiger partial charge < -0.3 is 0 Å². The molecule has 3 rings (SSSR count). The van der Waals surface area contributed by atoms with E-state index in [1.54, 1.807) is 30.3 Å². The lowest BCUT2D eigenvalue weighted by atomic mass is 10.1. The zero-order valence-electron chi connectivity index (χ0n) is 10.3. The highest BCUT2D eigenvalue weighted by Gasteiger charge is 2.08. The van der Waals surface area contributed by atoms with Crippen LogP contribution >= 0.6 is 11.3 Å². The minimum Gasteiger partial charge on any atom is -0.290 e.